The fourth-order valence-electron chi connectivity index (χ4n) is 2.40. The number of nitrogens with one attached hydrogen (secondary N) is 2. The van der Waals surface area contributed by atoms with Crippen molar-refractivity contribution in [3.05, 3.63) is 48.3 Å². The summed E-state index contributed by atoms with van der Waals surface area (Å²) in [7, 11) is 0. The number of piperidine rings is 1. The Labute approximate surface area is 118 Å². The van der Waals surface area contributed by atoms with Crippen molar-refractivity contribution in [2.75, 3.05) is 13.1 Å². The Morgan fingerprint density at radius 1 is 1.25 bits per heavy atom. The van der Waals surface area contributed by atoms with Crippen molar-refractivity contribution in [1.82, 2.24) is 20.4 Å². The molecule has 104 valence electrons. The molecule has 0 aliphatic carbocycles. The minimum Gasteiger partial charge on any atom is -0.349 e. The molecule has 1 saturated heterocycles. The number of carbonyl (C=O) groups excluding carboxylic acids is 1. The van der Waals surface area contributed by atoms with Gasteiger partial charge in [0.25, 0.3) is 5.91 Å². The zero-order valence-corrected chi connectivity index (χ0v) is 11.2. The molecule has 1 aliphatic rings. The Morgan fingerprint density at radius 2 is 2.00 bits per heavy atom. The van der Waals surface area contributed by atoms with E-state index in [-0.39, 0.29) is 11.9 Å². The molecule has 20 heavy (non-hydrogen) atoms. The van der Waals surface area contributed by atoms with E-state index in [1.54, 1.807) is 17.1 Å². The highest BCUT2D eigenvalue weighted by molar-refractivity contribution is 5.94. The van der Waals surface area contributed by atoms with Gasteiger partial charge in [0.2, 0.25) is 0 Å². The number of para-hydroxylation sites is 1. The van der Waals surface area contributed by atoms with Crippen LogP contribution in [0.1, 0.15) is 23.2 Å². The van der Waals surface area contributed by atoms with Crippen LogP contribution in [0.3, 0.4) is 0 Å². The van der Waals surface area contributed by atoms with E-state index in [2.05, 4.69) is 15.7 Å². The SMILES string of the molecule is O=C(NC1CCNCC1)c1cnn(-c2ccccc2)c1. The molecule has 1 aliphatic heterocycles. The van der Waals surface area contributed by atoms with E-state index in [1.807, 2.05) is 30.3 Å². The maximum absolute atomic E-state index is 12.2. The fraction of sp³-hybridized carbons (Fsp3) is 0.333. The van der Waals surface area contributed by atoms with Crippen molar-refractivity contribution in [2.45, 2.75) is 18.9 Å². The molecule has 1 fully saturated rings. The van der Waals surface area contributed by atoms with Crippen LogP contribution in [0.25, 0.3) is 5.69 Å². The van der Waals surface area contributed by atoms with Gasteiger partial charge in [0.05, 0.1) is 17.4 Å². The second-order valence-corrected chi connectivity index (χ2v) is 5.01. The number of amides is 1. The molecule has 5 heteroatoms. The molecule has 2 heterocycles. The molecule has 2 N–H and O–H groups in total. The summed E-state index contributed by atoms with van der Waals surface area (Å²) in [5.74, 6) is -0.0425. The summed E-state index contributed by atoms with van der Waals surface area (Å²) in [4.78, 5) is 12.2. The van der Waals surface area contributed by atoms with Crippen molar-refractivity contribution >= 4 is 5.91 Å². The van der Waals surface area contributed by atoms with Gasteiger partial charge >= 0.3 is 0 Å². The maximum atomic E-state index is 12.2. The first-order valence-electron chi connectivity index (χ1n) is 6.94. The van der Waals surface area contributed by atoms with Gasteiger partial charge in [-0.1, -0.05) is 18.2 Å². The van der Waals surface area contributed by atoms with Crippen LogP contribution in [0.2, 0.25) is 0 Å². The lowest BCUT2D eigenvalue weighted by Crippen LogP contribution is -2.42. The van der Waals surface area contributed by atoms with Crippen LogP contribution in [0.15, 0.2) is 42.7 Å². The molecule has 2 aromatic rings. The largest absolute Gasteiger partial charge is 0.349 e. The minimum absolute atomic E-state index is 0.0425. The molecule has 1 amide bonds. The van der Waals surface area contributed by atoms with Gasteiger partial charge in [0.15, 0.2) is 0 Å². The molecule has 0 bridgehead atoms. The van der Waals surface area contributed by atoms with Gasteiger partial charge in [-0.2, -0.15) is 5.10 Å². The Hall–Kier alpha value is -2.14. The summed E-state index contributed by atoms with van der Waals surface area (Å²) in [6.07, 6.45) is 5.35. The van der Waals surface area contributed by atoms with Crippen LogP contribution in [-0.2, 0) is 0 Å². The summed E-state index contributed by atoms with van der Waals surface area (Å²) < 4.78 is 1.72. The third-order valence-corrected chi connectivity index (χ3v) is 3.54. The van der Waals surface area contributed by atoms with Gasteiger partial charge in [0.1, 0.15) is 0 Å². The summed E-state index contributed by atoms with van der Waals surface area (Å²) >= 11 is 0. The molecule has 0 spiro atoms. The Bertz CT molecular complexity index is 573. The highest BCUT2D eigenvalue weighted by Crippen LogP contribution is 2.09. The zero-order chi connectivity index (χ0) is 13.8. The summed E-state index contributed by atoms with van der Waals surface area (Å²) in [5, 5.41) is 10.6. The van der Waals surface area contributed by atoms with Gasteiger partial charge < -0.3 is 10.6 Å². The summed E-state index contributed by atoms with van der Waals surface area (Å²) in [5.41, 5.74) is 1.56. The maximum Gasteiger partial charge on any atom is 0.254 e. The summed E-state index contributed by atoms with van der Waals surface area (Å²) in [6, 6.07) is 10.0. The van der Waals surface area contributed by atoms with Crippen LogP contribution in [0.4, 0.5) is 0 Å². The number of rotatable bonds is 3. The third-order valence-electron chi connectivity index (χ3n) is 3.54. The van der Waals surface area contributed by atoms with Crippen molar-refractivity contribution in [3.63, 3.8) is 0 Å². The van der Waals surface area contributed by atoms with E-state index in [0.717, 1.165) is 31.6 Å². The van der Waals surface area contributed by atoms with E-state index in [0.29, 0.717) is 5.56 Å². The number of benzene rings is 1. The lowest BCUT2D eigenvalue weighted by Gasteiger charge is -2.23. The van der Waals surface area contributed by atoms with Crippen molar-refractivity contribution in [3.8, 4) is 5.69 Å². The highest BCUT2D eigenvalue weighted by atomic mass is 16.1. The summed E-state index contributed by atoms with van der Waals surface area (Å²) in [6.45, 7) is 1.93. The predicted molar refractivity (Wildman–Crippen MR) is 76.9 cm³/mol. The second kappa shape index (κ2) is 5.88. The van der Waals surface area contributed by atoms with E-state index in [9.17, 15) is 4.79 Å². The molecule has 0 atom stereocenters. The molecule has 3 rings (SSSR count). The van der Waals surface area contributed by atoms with Crippen LogP contribution >= 0.6 is 0 Å². The van der Waals surface area contributed by atoms with Gasteiger partial charge in [-0.05, 0) is 38.1 Å². The van der Waals surface area contributed by atoms with Crippen molar-refractivity contribution < 1.29 is 4.79 Å². The molecular weight excluding hydrogens is 252 g/mol. The standard InChI is InChI=1S/C15H18N4O/c20-15(18-13-6-8-16-9-7-13)12-10-17-19(11-12)14-4-2-1-3-5-14/h1-5,10-11,13,16H,6-9H2,(H,18,20). The molecule has 5 nitrogen and oxygen atoms in total. The fourth-order valence-corrected chi connectivity index (χ4v) is 2.40. The molecular formula is C15H18N4O. The Morgan fingerprint density at radius 3 is 2.75 bits per heavy atom. The molecule has 0 saturated carbocycles. The van der Waals surface area contributed by atoms with E-state index >= 15 is 0 Å². The van der Waals surface area contributed by atoms with Crippen LogP contribution in [-0.4, -0.2) is 34.8 Å². The van der Waals surface area contributed by atoms with E-state index in [4.69, 9.17) is 0 Å². The topological polar surface area (TPSA) is 59.0 Å². The van der Waals surface area contributed by atoms with Crippen molar-refractivity contribution in [2.24, 2.45) is 0 Å². The quantitative estimate of drug-likeness (QED) is 0.885. The number of hydrogen-bond acceptors (Lipinski definition) is 3. The van der Waals surface area contributed by atoms with E-state index in [1.165, 1.54) is 0 Å². The number of aromatic nitrogens is 2. The van der Waals surface area contributed by atoms with Gasteiger partial charge in [0, 0.05) is 12.2 Å². The van der Waals surface area contributed by atoms with Crippen LogP contribution < -0.4 is 10.6 Å². The van der Waals surface area contributed by atoms with Crippen LogP contribution in [0, 0.1) is 0 Å². The average Bonchev–Trinajstić information content (AvgIpc) is 2.99. The Kier molecular flexibility index (Phi) is 3.78. The van der Waals surface area contributed by atoms with Crippen LogP contribution in [0.5, 0.6) is 0 Å². The monoisotopic (exact) mass is 270 g/mol. The Balaban J connectivity index is 1.68. The first-order chi connectivity index (χ1) is 9.83. The van der Waals surface area contributed by atoms with E-state index < -0.39 is 0 Å². The smallest absolute Gasteiger partial charge is 0.254 e. The highest BCUT2D eigenvalue weighted by Gasteiger charge is 2.17. The van der Waals surface area contributed by atoms with Gasteiger partial charge in [-0.25, -0.2) is 4.68 Å². The molecule has 0 radical (unpaired) electrons. The lowest BCUT2D eigenvalue weighted by atomic mass is 10.1. The number of carbonyl (C=O) groups is 1. The zero-order valence-electron chi connectivity index (χ0n) is 11.2. The molecule has 1 aromatic heterocycles. The first kappa shape index (κ1) is 12.9. The number of hydrogen-bond donors (Lipinski definition) is 2. The number of nitrogens with zero attached hydrogens (tertiary/aromatic N) is 2. The van der Waals surface area contributed by atoms with Gasteiger partial charge in [-0.3, -0.25) is 4.79 Å². The predicted octanol–water partition coefficient (Wildman–Crippen LogP) is 1.35. The molecule has 1 aromatic carbocycles. The van der Waals surface area contributed by atoms with Gasteiger partial charge in [-0.15, -0.1) is 0 Å². The minimum atomic E-state index is -0.0425. The lowest BCUT2D eigenvalue weighted by molar-refractivity contribution is 0.0929. The van der Waals surface area contributed by atoms with Crippen molar-refractivity contribution in [1.29, 1.82) is 0 Å². The molecule has 0 unspecified atom stereocenters. The second-order valence-electron chi connectivity index (χ2n) is 5.01. The first-order valence-corrected chi connectivity index (χ1v) is 6.94. The third kappa shape index (κ3) is 2.88. The average molecular weight is 270 g/mol. The normalized spacial score (nSPS) is 16.0.